The Morgan fingerprint density at radius 3 is 2.62 bits per heavy atom. The summed E-state index contributed by atoms with van der Waals surface area (Å²) in [5.74, 6) is -5.51. The van der Waals surface area contributed by atoms with Crippen LogP contribution >= 0.6 is 0 Å². The molecule has 2 unspecified atom stereocenters. The van der Waals surface area contributed by atoms with E-state index in [1.165, 1.54) is 18.2 Å². The molecule has 116 valence electrons. The molecule has 2 atom stereocenters. The van der Waals surface area contributed by atoms with Crippen LogP contribution in [0.25, 0.3) is 0 Å². The molecule has 1 aliphatic heterocycles. The number of hydrogen-bond acceptors (Lipinski definition) is 5. The summed E-state index contributed by atoms with van der Waals surface area (Å²) in [6.07, 6.45) is 0. The Hall–Kier alpha value is -1.74. The number of ether oxygens (including phenoxy) is 1. The molecule has 0 radical (unpaired) electrons. The van der Waals surface area contributed by atoms with Gasteiger partial charge in [-0.05, 0) is 12.1 Å². The quantitative estimate of drug-likeness (QED) is 0.846. The van der Waals surface area contributed by atoms with Crippen molar-refractivity contribution in [2.45, 2.75) is 16.7 Å². The van der Waals surface area contributed by atoms with Crippen molar-refractivity contribution in [3.8, 4) is 0 Å². The number of sulfone groups is 1. The second-order valence-corrected chi connectivity index (χ2v) is 6.42. The third-order valence-corrected chi connectivity index (χ3v) is 4.60. The first kappa shape index (κ1) is 15.6. The van der Waals surface area contributed by atoms with Crippen LogP contribution in [0.2, 0.25) is 0 Å². The van der Waals surface area contributed by atoms with Gasteiger partial charge in [-0.2, -0.15) is 8.78 Å². The number of carbonyl (C=O) groups is 1. The fourth-order valence-corrected chi connectivity index (χ4v) is 2.96. The number of benzene rings is 1. The normalized spacial score (nSPS) is 22.4. The van der Waals surface area contributed by atoms with Crippen molar-refractivity contribution in [3.05, 3.63) is 24.3 Å². The molecule has 0 spiro atoms. The lowest BCUT2D eigenvalue weighted by molar-refractivity contribution is -0.141. The van der Waals surface area contributed by atoms with Gasteiger partial charge in [0.05, 0.1) is 29.8 Å². The maximum Gasteiger partial charge on any atom is 0.341 e. The molecule has 2 rings (SSSR count). The van der Waals surface area contributed by atoms with Crippen LogP contribution in [0.3, 0.4) is 0 Å². The van der Waals surface area contributed by atoms with Crippen LogP contribution in [0.15, 0.2) is 29.2 Å². The van der Waals surface area contributed by atoms with Crippen LogP contribution in [0, 0.1) is 5.92 Å². The zero-order valence-electron chi connectivity index (χ0n) is 10.7. The molecule has 2 N–H and O–H groups in total. The van der Waals surface area contributed by atoms with Crippen molar-refractivity contribution in [2.75, 3.05) is 18.5 Å². The number of hydrogen-bond donors (Lipinski definition) is 2. The SMILES string of the molecule is O=C(O)C1COCC1Nc1ccccc1S(=O)(=O)C(F)F. The summed E-state index contributed by atoms with van der Waals surface area (Å²) in [6, 6.07) is 4.47. The Morgan fingerprint density at radius 1 is 1.33 bits per heavy atom. The second-order valence-electron chi connectivity index (χ2n) is 4.53. The van der Waals surface area contributed by atoms with Gasteiger partial charge in [0.25, 0.3) is 0 Å². The molecule has 0 bridgehead atoms. The molecule has 1 saturated heterocycles. The first-order chi connectivity index (χ1) is 9.84. The molecule has 0 aliphatic carbocycles. The highest BCUT2D eigenvalue weighted by Crippen LogP contribution is 2.28. The maximum atomic E-state index is 12.7. The summed E-state index contributed by atoms with van der Waals surface area (Å²) in [4.78, 5) is 10.5. The number of carboxylic acid groups (broad SMARTS) is 1. The molecule has 0 saturated carbocycles. The van der Waals surface area contributed by atoms with E-state index in [2.05, 4.69) is 5.32 Å². The third kappa shape index (κ3) is 3.13. The lowest BCUT2D eigenvalue weighted by atomic mass is 10.0. The maximum absolute atomic E-state index is 12.7. The Morgan fingerprint density at radius 2 is 2.00 bits per heavy atom. The van der Waals surface area contributed by atoms with Crippen LogP contribution in [0.4, 0.5) is 14.5 Å². The highest BCUT2D eigenvalue weighted by molar-refractivity contribution is 7.91. The van der Waals surface area contributed by atoms with E-state index in [9.17, 15) is 22.0 Å². The lowest BCUT2D eigenvalue weighted by Gasteiger charge is -2.19. The van der Waals surface area contributed by atoms with E-state index in [0.29, 0.717) is 0 Å². The highest BCUT2D eigenvalue weighted by atomic mass is 32.2. The van der Waals surface area contributed by atoms with Crippen molar-refractivity contribution in [1.29, 1.82) is 0 Å². The van der Waals surface area contributed by atoms with E-state index in [1.807, 2.05) is 0 Å². The van der Waals surface area contributed by atoms with E-state index < -0.39 is 38.4 Å². The Kier molecular flexibility index (Phi) is 4.43. The van der Waals surface area contributed by atoms with Gasteiger partial charge in [-0.3, -0.25) is 4.79 Å². The topological polar surface area (TPSA) is 92.7 Å². The molecule has 0 aromatic heterocycles. The molecule has 1 fully saturated rings. The average Bonchev–Trinajstić information content (AvgIpc) is 2.87. The van der Waals surface area contributed by atoms with E-state index in [4.69, 9.17) is 9.84 Å². The summed E-state index contributed by atoms with van der Waals surface area (Å²) in [7, 11) is -4.77. The van der Waals surface area contributed by atoms with Crippen molar-refractivity contribution < 1.29 is 31.8 Å². The molecular weight excluding hydrogens is 308 g/mol. The van der Waals surface area contributed by atoms with Crippen LogP contribution in [0.1, 0.15) is 0 Å². The lowest BCUT2D eigenvalue weighted by Crippen LogP contribution is -2.33. The minimum Gasteiger partial charge on any atom is -0.481 e. The van der Waals surface area contributed by atoms with Crippen molar-refractivity contribution in [2.24, 2.45) is 5.92 Å². The van der Waals surface area contributed by atoms with Gasteiger partial charge in [0.15, 0.2) is 0 Å². The number of halogens is 2. The molecule has 1 aromatic rings. The van der Waals surface area contributed by atoms with Crippen molar-refractivity contribution in [1.82, 2.24) is 0 Å². The zero-order chi connectivity index (χ0) is 15.6. The van der Waals surface area contributed by atoms with Gasteiger partial charge in [0, 0.05) is 0 Å². The molecule has 1 aromatic carbocycles. The predicted octanol–water partition coefficient (Wildman–Crippen LogP) is 1.19. The van der Waals surface area contributed by atoms with E-state index in [-0.39, 0.29) is 18.9 Å². The van der Waals surface area contributed by atoms with Crippen molar-refractivity contribution >= 4 is 21.5 Å². The number of para-hydroxylation sites is 1. The fraction of sp³-hybridized carbons (Fsp3) is 0.417. The predicted molar refractivity (Wildman–Crippen MR) is 69.0 cm³/mol. The van der Waals surface area contributed by atoms with Gasteiger partial charge in [-0.1, -0.05) is 12.1 Å². The third-order valence-electron chi connectivity index (χ3n) is 3.17. The minimum atomic E-state index is -4.77. The van der Waals surface area contributed by atoms with Gasteiger partial charge in [-0.25, -0.2) is 8.42 Å². The van der Waals surface area contributed by atoms with Gasteiger partial charge in [-0.15, -0.1) is 0 Å². The number of rotatable bonds is 5. The van der Waals surface area contributed by atoms with Gasteiger partial charge in [0.2, 0.25) is 9.84 Å². The van der Waals surface area contributed by atoms with Gasteiger partial charge >= 0.3 is 11.7 Å². The van der Waals surface area contributed by atoms with Gasteiger partial charge < -0.3 is 15.2 Å². The summed E-state index contributed by atoms with van der Waals surface area (Å²) in [5, 5.41) is 11.7. The minimum absolute atomic E-state index is 0.0171. The zero-order valence-corrected chi connectivity index (χ0v) is 11.5. The van der Waals surface area contributed by atoms with Crippen molar-refractivity contribution in [3.63, 3.8) is 0 Å². The fourth-order valence-electron chi connectivity index (χ4n) is 2.07. The summed E-state index contributed by atoms with van der Waals surface area (Å²) in [6.45, 7) is 0.0385. The van der Waals surface area contributed by atoms with E-state index in [0.717, 1.165) is 6.07 Å². The number of alkyl halides is 2. The molecule has 6 nitrogen and oxygen atoms in total. The van der Waals surface area contributed by atoms with Crippen LogP contribution in [-0.4, -0.2) is 44.5 Å². The first-order valence-corrected chi connectivity index (χ1v) is 7.57. The monoisotopic (exact) mass is 321 g/mol. The number of anilines is 1. The summed E-state index contributed by atoms with van der Waals surface area (Å²) in [5.41, 5.74) is -0.0560. The summed E-state index contributed by atoms with van der Waals surface area (Å²) >= 11 is 0. The Bertz CT molecular complexity index is 634. The van der Waals surface area contributed by atoms with Crippen LogP contribution < -0.4 is 5.32 Å². The molecule has 21 heavy (non-hydrogen) atoms. The molecule has 9 heteroatoms. The second kappa shape index (κ2) is 5.94. The Balaban J connectivity index is 2.32. The number of carboxylic acids is 1. The molecular formula is C12H13F2NO5S. The van der Waals surface area contributed by atoms with E-state index >= 15 is 0 Å². The standard InChI is InChI=1S/C12H13F2NO5S/c13-12(14)21(18,19)10-4-2-1-3-8(10)15-9-6-20-5-7(9)11(16)17/h1-4,7,9,12,15H,5-6H2,(H,16,17). The van der Waals surface area contributed by atoms with Crippen LogP contribution in [0.5, 0.6) is 0 Å². The number of nitrogens with one attached hydrogen (secondary N) is 1. The van der Waals surface area contributed by atoms with E-state index in [1.54, 1.807) is 0 Å². The number of aliphatic carboxylic acids is 1. The Labute approximate surface area is 119 Å². The summed E-state index contributed by atoms with van der Waals surface area (Å²) < 4.78 is 53.6. The molecule has 1 heterocycles. The van der Waals surface area contributed by atoms with Gasteiger partial charge in [0.1, 0.15) is 5.92 Å². The van der Waals surface area contributed by atoms with Crippen LogP contribution in [-0.2, 0) is 19.4 Å². The first-order valence-electron chi connectivity index (χ1n) is 6.02. The largest absolute Gasteiger partial charge is 0.481 e. The molecule has 0 amide bonds. The smallest absolute Gasteiger partial charge is 0.341 e. The average molecular weight is 321 g/mol. The molecule has 1 aliphatic rings. The highest BCUT2D eigenvalue weighted by Gasteiger charge is 2.36.